The fraction of sp³-hybridized carbons (Fsp3) is 0.351. The minimum absolute atomic E-state index is 0.00816. The molecule has 0 saturated heterocycles. The number of benzene rings is 3. The maximum atomic E-state index is 15.2. The Labute approximate surface area is 316 Å². The third-order valence-electron chi connectivity index (χ3n) is 8.53. The van der Waals surface area contributed by atoms with Crippen molar-refractivity contribution >= 4 is 50.6 Å². The number of hydrogen-bond donors (Lipinski definition) is 3. The smallest absolute Gasteiger partial charge is 0.417 e. The minimum atomic E-state index is -5.25. The molecule has 286 valence electrons. The summed E-state index contributed by atoms with van der Waals surface area (Å²) in [5.74, 6) is -2.32. The van der Waals surface area contributed by atoms with Gasteiger partial charge in [0.2, 0.25) is 10.0 Å². The zero-order chi connectivity index (χ0) is 39.3. The molecule has 53 heavy (non-hydrogen) atoms. The maximum Gasteiger partial charge on any atom is 0.417 e. The van der Waals surface area contributed by atoms with Gasteiger partial charge in [-0.25, -0.2) is 18.1 Å². The van der Waals surface area contributed by atoms with E-state index >= 15 is 13.2 Å². The summed E-state index contributed by atoms with van der Waals surface area (Å²) >= 11 is 6.79. The molecule has 3 aromatic carbocycles. The number of nitrogens with zero attached hydrogens (tertiary/aromatic N) is 2. The zero-order valence-electron chi connectivity index (χ0n) is 29.5. The van der Waals surface area contributed by atoms with Crippen molar-refractivity contribution in [2.75, 3.05) is 26.0 Å². The summed E-state index contributed by atoms with van der Waals surface area (Å²) in [7, 11) is -3.63. The van der Waals surface area contributed by atoms with Gasteiger partial charge in [-0.05, 0) is 53.3 Å². The van der Waals surface area contributed by atoms with Crippen LogP contribution in [0.2, 0.25) is 5.02 Å². The van der Waals surface area contributed by atoms with Crippen LogP contribution in [0.4, 0.5) is 23.7 Å². The Bertz CT molecular complexity index is 1940. The molecular weight excluding hydrogens is 753 g/mol. The summed E-state index contributed by atoms with van der Waals surface area (Å²) in [6.07, 6.45) is -6.55. The van der Waals surface area contributed by atoms with Gasteiger partial charge in [0, 0.05) is 27.9 Å². The molecule has 0 radical (unpaired) electrons. The number of carbonyl (C=O) groups is 2. The lowest BCUT2D eigenvalue weighted by atomic mass is 9.84. The number of ether oxygens (including phenoxy) is 1. The number of imide groups is 1. The van der Waals surface area contributed by atoms with Gasteiger partial charge in [-0.1, -0.05) is 93.0 Å². The molecule has 0 aliphatic heterocycles. The van der Waals surface area contributed by atoms with E-state index in [4.69, 9.17) is 27.8 Å². The van der Waals surface area contributed by atoms with E-state index in [2.05, 4.69) is 0 Å². The number of sulfonamides is 1. The number of rotatable bonds is 13. The van der Waals surface area contributed by atoms with Crippen LogP contribution < -0.4 is 11.5 Å². The first-order valence-electron chi connectivity index (χ1n) is 16.4. The van der Waals surface area contributed by atoms with Gasteiger partial charge in [0.1, 0.15) is 4.90 Å². The quantitative estimate of drug-likeness (QED) is 0.118. The molecule has 1 aromatic heterocycles. The van der Waals surface area contributed by atoms with Crippen LogP contribution in [-0.4, -0.2) is 67.2 Å². The van der Waals surface area contributed by atoms with Crippen LogP contribution in [0.25, 0.3) is 0 Å². The molecular formula is C37H42ClF3N4O6S2. The van der Waals surface area contributed by atoms with Crippen molar-refractivity contribution < 1.29 is 41.0 Å². The Morgan fingerprint density at radius 1 is 0.925 bits per heavy atom. The average Bonchev–Trinajstić information content (AvgIpc) is 3.57. The highest BCUT2D eigenvalue weighted by Gasteiger charge is 2.52. The highest BCUT2D eigenvalue weighted by molar-refractivity contribution is 7.89. The maximum absolute atomic E-state index is 15.2. The molecule has 0 spiro atoms. The van der Waals surface area contributed by atoms with Crippen molar-refractivity contribution in [2.24, 2.45) is 11.1 Å². The lowest BCUT2D eigenvalue weighted by Gasteiger charge is -2.34. The van der Waals surface area contributed by atoms with Crippen molar-refractivity contribution in [1.29, 1.82) is 0 Å². The van der Waals surface area contributed by atoms with E-state index in [-0.39, 0.29) is 31.9 Å². The molecule has 0 aliphatic carbocycles. The number of alkyl halides is 3. The molecule has 5 N–H and O–H groups in total. The number of methoxy groups -OCH3 is 1. The van der Waals surface area contributed by atoms with E-state index in [0.717, 1.165) is 17.5 Å². The fourth-order valence-electron chi connectivity index (χ4n) is 5.85. The average molecular weight is 795 g/mol. The van der Waals surface area contributed by atoms with Gasteiger partial charge in [0.25, 0.3) is 5.91 Å². The summed E-state index contributed by atoms with van der Waals surface area (Å²) in [5, 5.41) is 10.5. The number of aliphatic hydroxyl groups is 1. The number of aliphatic hydroxyl groups excluding tert-OH is 1. The second kappa shape index (κ2) is 17.0. The molecule has 4 aromatic rings. The van der Waals surface area contributed by atoms with Crippen LogP contribution in [0.15, 0.2) is 95.9 Å². The van der Waals surface area contributed by atoms with Gasteiger partial charge >= 0.3 is 12.3 Å². The van der Waals surface area contributed by atoms with E-state index in [9.17, 15) is 23.1 Å². The number of thiophene rings is 1. The van der Waals surface area contributed by atoms with Crippen LogP contribution >= 0.6 is 22.9 Å². The first kappa shape index (κ1) is 41.8. The Balaban J connectivity index is 1.82. The fourth-order valence-corrected chi connectivity index (χ4v) is 9.27. The number of carbonyl (C=O) groups excluding carboxylic acids is 2. The predicted octanol–water partition coefficient (Wildman–Crippen LogP) is 7.50. The Morgan fingerprint density at radius 3 is 1.94 bits per heavy atom. The number of halogens is 4. The molecule has 0 saturated carbocycles. The molecule has 10 nitrogen and oxygen atoms in total. The van der Waals surface area contributed by atoms with Crippen molar-refractivity contribution in [3.63, 3.8) is 0 Å². The monoisotopic (exact) mass is 794 g/mol. The SMILES string of the molecule is COC(=O)N(C(=O)[C@@H](N)C(c1ccccc1)c1ccccc1)[C@H](c1ccc([C@@H](CO)N(CCC(C)(C)C)S(=O)(=O)c2ccc(N)cc2Cl)s1)C(F)(F)F. The molecule has 4 rings (SSSR count). The highest BCUT2D eigenvalue weighted by Crippen LogP contribution is 2.44. The molecule has 0 aliphatic rings. The van der Waals surface area contributed by atoms with Crippen LogP contribution in [0, 0.1) is 5.41 Å². The van der Waals surface area contributed by atoms with Crippen LogP contribution in [-0.2, 0) is 19.6 Å². The largest absolute Gasteiger partial charge is 0.452 e. The van der Waals surface area contributed by atoms with Crippen molar-refractivity contribution in [3.8, 4) is 0 Å². The van der Waals surface area contributed by atoms with Gasteiger partial charge < -0.3 is 21.3 Å². The van der Waals surface area contributed by atoms with Crippen LogP contribution in [0.3, 0.4) is 0 Å². The molecule has 0 bridgehead atoms. The van der Waals surface area contributed by atoms with Crippen molar-refractivity contribution in [1.82, 2.24) is 9.21 Å². The summed E-state index contributed by atoms with van der Waals surface area (Å²) in [4.78, 5) is 26.5. The second-order valence-corrected chi connectivity index (χ2v) is 16.9. The number of nitrogen functional groups attached to an aromatic ring is 1. The lowest BCUT2D eigenvalue weighted by molar-refractivity contribution is -0.186. The number of amides is 2. The number of anilines is 1. The topological polar surface area (TPSA) is 156 Å². The Hall–Kier alpha value is -3.99. The van der Waals surface area contributed by atoms with E-state index in [0.29, 0.717) is 28.9 Å². The molecule has 3 atom stereocenters. The summed E-state index contributed by atoms with van der Waals surface area (Å²) < 4.78 is 79.6. The van der Waals surface area contributed by atoms with Gasteiger partial charge in [-0.2, -0.15) is 17.5 Å². The predicted molar refractivity (Wildman–Crippen MR) is 199 cm³/mol. The molecule has 0 unspecified atom stereocenters. The highest BCUT2D eigenvalue weighted by atomic mass is 35.5. The number of hydrogen-bond acceptors (Lipinski definition) is 9. The first-order chi connectivity index (χ1) is 24.8. The van der Waals surface area contributed by atoms with E-state index < -0.39 is 69.1 Å². The molecule has 0 fully saturated rings. The summed E-state index contributed by atoms with van der Waals surface area (Å²) in [6, 6.07) is 17.0. The van der Waals surface area contributed by atoms with E-state index in [1.807, 2.05) is 20.8 Å². The molecule has 1 heterocycles. The standard InChI is InChI=1S/C37H42ClF3N4O6S2/c1-36(2,3)19-20-44(53(49,50)30-18-15-25(42)21-26(30)38)27(22-46)28-16-17-29(52-28)33(37(39,40)41)45(35(48)51-4)34(47)32(43)31(23-11-7-5-8-12-23)24-13-9-6-10-14-24/h5-18,21,27,31-33,46H,19-20,22,42-43H2,1-4H3/t27-,32+,33-/m1/s1. The van der Waals surface area contributed by atoms with Gasteiger partial charge in [-0.3, -0.25) is 4.79 Å². The second-order valence-electron chi connectivity index (χ2n) is 13.5. The zero-order valence-corrected chi connectivity index (χ0v) is 31.8. The summed E-state index contributed by atoms with van der Waals surface area (Å²) in [6.45, 7) is 4.66. The van der Waals surface area contributed by atoms with Crippen LogP contribution in [0.5, 0.6) is 0 Å². The van der Waals surface area contributed by atoms with Crippen molar-refractivity contribution in [2.45, 2.75) is 62.3 Å². The number of nitrogens with two attached hydrogens (primary N) is 2. The van der Waals surface area contributed by atoms with E-state index in [1.54, 1.807) is 60.7 Å². The van der Waals surface area contributed by atoms with Crippen LogP contribution in [0.1, 0.15) is 66.1 Å². The first-order valence-corrected chi connectivity index (χ1v) is 19.1. The van der Waals surface area contributed by atoms with Gasteiger partial charge in [0.15, 0.2) is 6.04 Å². The minimum Gasteiger partial charge on any atom is -0.452 e. The third-order valence-corrected chi connectivity index (χ3v) is 12.2. The van der Waals surface area contributed by atoms with Gasteiger partial charge in [-0.15, -0.1) is 11.3 Å². The van der Waals surface area contributed by atoms with Gasteiger partial charge in [0.05, 0.1) is 30.8 Å². The summed E-state index contributed by atoms with van der Waals surface area (Å²) in [5.41, 5.74) is 13.1. The lowest BCUT2D eigenvalue weighted by Crippen LogP contribution is -2.53. The molecule has 2 amide bonds. The van der Waals surface area contributed by atoms with Crippen molar-refractivity contribution in [3.05, 3.63) is 117 Å². The Morgan fingerprint density at radius 2 is 1.47 bits per heavy atom. The normalized spacial score (nSPS) is 14.2. The molecule has 16 heteroatoms. The Kier molecular flexibility index (Phi) is 13.4. The van der Waals surface area contributed by atoms with E-state index in [1.165, 1.54) is 24.3 Å². The third kappa shape index (κ3) is 9.77.